The lowest BCUT2D eigenvalue weighted by Gasteiger charge is -2.32. The van der Waals surface area contributed by atoms with E-state index in [-0.39, 0.29) is 27.8 Å². The Balaban J connectivity index is 2.33. The van der Waals surface area contributed by atoms with E-state index in [4.69, 9.17) is 0 Å². The molecule has 0 unspecified atom stereocenters. The van der Waals surface area contributed by atoms with Gasteiger partial charge in [-0.25, -0.2) is 0 Å². The summed E-state index contributed by atoms with van der Waals surface area (Å²) in [6.45, 7) is 3.18. The molecule has 1 aliphatic rings. The Kier molecular flexibility index (Phi) is 4.12. The number of hydrogen-bond acceptors (Lipinski definition) is 6. The van der Waals surface area contributed by atoms with Crippen LogP contribution < -0.4 is 0 Å². The summed E-state index contributed by atoms with van der Waals surface area (Å²) in [5.74, 6) is -1.19. The molecular weight excluding hydrogens is 335 g/mol. The Morgan fingerprint density at radius 2 is 2.00 bits per heavy atom. The number of aliphatic hydroxyl groups is 1. The van der Waals surface area contributed by atoms with E-state index in [0.717, 1.165) is 4.68 Å². The number of hydrazone groups is 1. The van der Waals surface area contributed by atoms with Gasteiger partial charge in [0.1, 0.15) is 17.9 Å². The van der Waals surface area contributed by atoms with Gasteiger partial charge in [0.05, 0.1) is 4.92 Å². The fourth-order valence-electron chi connectivity index (χ4n) is 2.50. The van der Waals surface area contributed by atoms with Crippen molar-refractivity contribution in [3.63, 3.8) is 0 Å². The van der Waals surface area contributed by atoms with E-state index in [1.807, 2.05) is 0 Å². The monoisotopic (exact) mass is 349 g/mol. The molecule has 2 heterocycles. The number of aryl methyl sites for hydroxylation is 1. The lowest BCUT2D eigenvalue weighted by Crippen LogP contribution is -2.57. The maximum Gasteiger partial charge on any atom is 0.438 e. The van der Waals surface area contributed by atoms with Crippen LogP contribution in [0.3, 0.4) is 0 Å². The highest BCUT2D eigenvalue weighted by Crippen LogP contribution is 2.40. The molecule has 0 saturated heterocycles. The number of nitro groups is 1. The zero-order chi connectivity index (χ0) is 18.4. The molecule has 1 aromatic heterocycles. The third-order valence-electron chi connectivity index (χ3n) is 3.62. The van der Waals surface area contributed by atoms with Crippen molar-refractivity contribution >= 4 is 17.3 Å². The van der Waals surface area contributed by atoms with Crippen molar-refractivity contribution in [2.45, 2.75) is 45.6 Å². The van der Waals surface area contributed by atoms with Gasteiger partial charge in [-0.2, -0.15) is 28.4 Å². The van der Waals surface area contributed by atoms with Crippen LogP contribution in [0.1, 0.15) is 24.7 Å². The SMILES string of the molecule is CC1=NN(C(=O)Cn2nc(C)c([N+](=O)[O-])c2C)[C@@](O)(C(F)(F)F)C1. The van der Waals surface area contributed by atoms with Crippen LogP contribution in [0.15, 0.2) is 5.10 Å². The summed E-state index contributed by atoms with van der Waals surface area (Å²) in [5, 5.41) is 28.0. The first kappa shape index (κ1) is 17.8. The van der Waals surface area contributed by atoms with Gasteiger partial charge in [-0.1, -0.05) is 0 Å². The fourth-order valence-corrected chi connectivity index (χ4v) is 2.50. The number of amides is 1. The molecule has 1 amide bonds. The topological polar surface area (TPSA) is 114 Å². The third kappa shape index (κ3) is 2.72. The smallest absolute Gasteiger partial charge is 0.362 e. The fraction of sp³-hybridized carbons (Fsp3) is 0.583. The summed E-state index contributed by atoms with van der Waals surface area (Å²) in [7, 11) is 0. The molecule has 2 rings (SSSR count). The normalized spacial score (nSPS) is 21.1. The van der Waals surface area contributed by atoms with E-state index in [0.29, 0.717) is 0 Å². The van der Waals surface area contributed by atoms with Crippen molar-refractivity contribution in [3.05, 3.63) is 21.5 Å². The van der Waals surface area contributed by atoms with Crippen molar-refractivity contribution in [1.82, 2.24) is 14.8 Å². The Morgan fingerprint density at radius 3 is 2.46 bits per heavy atom. The zero-order valence-corrected chi connectivity index (χ0v) is 13.0. The second kappa shape index (κ2) is 5.54. The molecule has 1 atom stereocenters. The highest BCUT2D eigenvalue weighted by molar-refractivity contribution is 5.89. The average molecular weight is 349 g/mol. The van der Waals surface area contributed by atoms with Gasteiger partial charge in [-0.15, -0.1) is 0 Å². The molecule has 0 radical (unpaired) electrons. The van der Waals surface area contributed by atoms with Crippen LogP contribution in [0, 0.1) is 24.0 Å². The number of nitrogens with zero attached hydrogens (tertiary/aromatic N) is 5. The van der Waals surface area contributed by atoms with E-state index in [1.165, 1.54) is 20.8 Å². The van der Waals surface area contributed by atoms with Crippen LogP contribution in [0.25, 0.3) is 0 Å². The molecule has 1 N–H and O–H groups in total. The molecule has 0 bridgehead atoms. The van der Waals surface area contributed by atoms with E-state index in [9.17, 15) is 33.2 Å². The van der Waals surface area contributed by atoms with Crippen LogP contribution in [0.2, 0.25) is 0 Å². The predicted molar refractivity (Wildman–Crippen MR) is 73.9 cm³/mol. The highest BCUT2D eigenvalue weighted by Gasteiger charge is 2.62. The number of carbonyl (C=O) groups is 1. The van der Waals surface area contributed by atoms with Gasteiger partial charge >= 0.3 is 11.9 Å². The molecule has 0 fully saturated rings. The molecular formula is C12H14F3N5O4. The van der Waals surface area contributed by atoms with Gasteiger partial charge in [0.25, 0.3) is 11.6 Å². The van der Waals surface area contributed by atoms with E-state index in [1.54, 1.807) is 0 Å². The van der Waals surface area contributed by atoms with Gasteiger partial charge in [-0.05, 0) is 20.8 Å². The number of hydrogen-bond donors (Lipinski definition) is 1. The van der Waals surface area contributed by atoms with Crippen LogP contribution in [-0.2, 0) is 11.3 Å². The molecule has 0 aromatic carbocycles. The summed E-state index contributed by atoms with van der Waals surface area (Å²) in [6.07, 6.45) is -5.97. The summed E-state index contributed by atoms with van der Waals surface area (Å²) < 4.78 is 40.2. The first-order valence-electron chi connectivity index (χ1n) is 6.73. The third-order valence-corrected chi connectivity index (χ3v) is 3.62. The molecule has 24 heavy (non-hydrogen) atoms. The van der Waals surface area contributed by atoms with Crippen LogP contribution in [0.5, 0.6) is 0 Å². The van der Waals surface area contributed by atoms with Gasteiger partial charge in [0.2, 0.25) is 0 Å². The minimum absolute atomic E-state index is 0.0151. The Hall–Kier alpha value is -2.50. The van der Waals surface area contributed by atoms with Gasteiger partial charge in [0, 0.05) is 12.1 Å². The molecule has 9 nitrogen and oxygen atoms in total. The number of rotatable bonds is 3. The Morgan fingerprint density at radius 1 is 1.42 bits per heavy atom. The first-order valence-corrected chi connectivity index (χ1v) is 6.73. The predicted octanol–water partition coefficient (Wildman–Crippen LogP) is 1.27. The number of halogens is 3. The van der Waals surface area contributed by atoms with E-state index in [2.05, 4.69) is 10.2 Å². The minimum Gasteiger partial charge on any atom is -0.362 e. The highest BCUT2D eigenvalue weighted by atomic mass is 19.4. The van der Waals surface area contributed by atoms with Crippen LogP contribution in [0.4, 0.5) is 18.9 Å². The zero-order valence-electron chi connectivity index (χ0n) is 13.0. The van der Waals surface area contributed by atoms with Crippen molar-refractivity contribution in [3.8, 4) is 0 Å². The largest absolute Gasteiger partial charge is 0.438 e. The molecule has 0 saturated carbocycles. The lowest BCUT2D eigenvalue weighted by atomic mass is 10.1. The van der Waals surface area contributed by atoms with Crippen LogP contribution >= 0.6 is 0 Å². The van der Waals surface area contributed by atoms with Crippen molar-refractivity contribution in [2.75, 3.05) is 0 Å². The number of carbonyl (C=O) groups excluding carboxylic acids is 1. The molecule has 132 valence electrons. The standard InChI is InChI=1S/C12H14F3N5O4/c1-6-4-11(22,12(13,14)15)19(16-6)9(21)5-18-8(3)10(20(23)24)7(2)17-18/h22H,4-5H2,1-3H3/t11-/m0/s1. The second-order valence-electron chi connectivity index (χ2n) is 5.47. The minimum atomic E-state index is -5.11. The first-order chi connectivity index (χ1) is 10.9. The summed E-state index contributed by atoms with van der Waals surface area (Å²) >= 11 is 0. The quantitative estimate of drug-likeness (QED) is 0.652. The maximum absolute atomic E-state index is 13.1. The number of aromatic nitrogens is 2. The Bertz CT molecular complexity index is 742. The van der Waals surface area contributed by atoms with E-state index < -0.39 is 35.7 Å². The van der Waals surface area contributed by atoms with Crippen molar-refractivity contribution < 1.29 is 28.0 Å². The van der Waals surface area contributed by atoms with Crippen molar-refractivity contribution in [1.29, 1.82) is 0 Å². The maximum atomic E-state index is 13.1. The van der Waals surface area contributed by atoms with Crippen molar-refractivity contribution in [2.24, 2.45) is 5.10 Å². The van der Waals surface area contributed by atoms with Gasteiger partial charge in [-0.3, -0.25) is 19.6 Å². The molecule has 12 heteroatoms. The summed E-state index contributed by atoms with van der Waals surface area (Å²) in [4.78, 5) is 22.4. The summed E-state index contributed by atoms with van der Waals surface area (Å²) in [5.41, 5.74) is -3.78. The molecule has 0 aliphatic carbocycles. The lowest BCUT2D eigenvalue weighted by molar-refractivity contribution is -0.386. The molecule has 1 aromatic rings. The Labute approximate surface area is 133 Å². The second-order valence-corrected chi connectivity index (χ2v) is 5.47. The molecule has 1 aliphatic heterocycles. The molecule has 0 spiro atoms. The number of alkyl halides is 3. The van der Waals surface area contributed by atoms with Crippen LogP contribution in [-0.4, -0.2) is 48.3 Å². The van der Waals surface area contributed by atoms with Gasteiger partial charge < -0.3 is 5.11 Å². The summed E-state index contributed by atoms with van der Waals surface area (Å²) in [6, 6.07) is 0. The van der Waals surface area contributed by atoms with Gasteiger partial charge in [0.15, 0.2) is 0 Å². The average Bonchev–Trinajstić information content (AvgIpc) is 2.87. The van der Waals surface area contributed by atoms with E-state index >= 15 is 0 Å².